The number of hydrogen-bond acceptors (Lipinski definition) is 1. The normalized spacial score (nSPS) is 12.4. The average molecular weight is 301 g/mol. The Kier molecular flexibility index (Phi) is 4.68. The Morgan fingerprint density at radius 3 is 2.15 bits per heavy atom. The van der Waals surface area contributed by atoms with Gasteiger partial charge in [0.25, 0.3) is 0 Å². The van der Waals surface area contributed by atoms with E-state index in [0.29, 0.717) is 5.56 Å². The maximum absolute atomic E-state index is 13.5. The Labute approximate surface area is 119 Å². The number of aliphatic hydroxyl groups is 1. The first-order chi connectivity index (χ1) is 9.49. The Balaban J connectivity index is 2.11. The highest BCUT2D eigenvalue weighted by Gasteiger charge is 2.15. The lowest BCUT2D eigenvalue weighted by Gasteiger charge is -2.13. The van der Waals surface area contributed by atoms with Crippen LogP contribution in [0.2, 0.25) is 5.02 Å². The summed E-state index contributed by atoms with van der Waals surface area (Å²) in [5.41, 5.74) is 0.501. The van der Waals surface area contributed by atoms with Crippen LogP contribution < -0.4 is 0 Å². The third kappa shape index (κ3) is 3.32. The van der Waals surface area contributed by atoms with Crippen LogP contribution in [0.1, 0.15) is 11.1 Å². The first-order valence-electron chi connectivity index (χ1n) is 6.03. The molecule has 5 heteroatoms. The van der Waals surface area contributed by atoms with E-state index in [1.54, 1.807) is 6.07 Å². The van der Waals surface area contributed by atoms with E-state index in [9.17, 15) is 18.3 Å². The van der Waals surface area contributed by atoms with Gasteiger partial charge in [0.05, 0.1) is 11.1 Å². The number of halogens is 4. The molecule has 0 heterocycles. The predicted molar refractivity (Wildman–Crippen MR) is 71.2 cm³/mol. The van der Waals surface area contributed by atoms with Crippen LogP contribution in [0.25, 0.3) is 0 Å². The largest absolute Gasteiger partial charge is 0.392 e. The lowest BCUT2D eigenvalue weighted by atomic mass is 10.0. The maximum Gasteiger partial charge on any atom is 0.162 e. The van der Waals surface area contributed by atoms with Crippen LogP contribution in [0, 0.1) is 17.5 Å². The number of rotatable bonds is 4. The summed E-state index contributed by atoms with van der Waals surface area (Å²) in [4.78, 5) is 0. The fraction of sp³-hybridized carbons (Fsp3) is 0.200. The smallest absolute Gasteiger partial charge is 0.162 e. The third-order valence-corrected chi connectivity index (χ3v) is 3.40. The Bertz CT molecular complexity index is 563. The minimum Gasteiger partial charge on any atom is -0.392 e. The highest BCUT2D eigenvalue weighted by Crippen LogP contribution is 2.22. The molecule has 0 fully saturated rings. The predicted octanol–water partition coefficient (Wildman–Crippen LogP) is 3.90. The molecule has 0 saturated heterocycles. The average Bonchev–Trinajstić information content (AvgIpc) is 2.40. The zero-order chi connectivity index (χ0) is 14.7. The fourth-order valence-corrected chi connectivity index (χ4v) is 2.20. The quantitative estimate of drug-likeness (QED) is 0.908. The molecule has 0 bridgehead atoms. The second-order valence-corrected chi connectivity index (χ2v) is 4.87. The van der Waals surface area contributed by atoms with Gasteiger partial charge in [0, 0.05) is 12.8 Å². The number of benzene rings is 2. The topological polar surface area (TPSA) is 20.2 Å². The molecule has 0 aliphatic carbocycles. The lowest BCUT2D eigenvalue weighted by Crippen LogP contribution is -2.15. The number of aliphatic hydroxyl groups excluding tert-OH is 1. The lowest BCUT2D eigenvalue weighted by molar-refractivity contribution is 0.174. The molecule has 0 aromatic heterocycles. The highest BCUT2D eigenvalue weighted by atomic mass is 35.5. The summed E-state index contributed by atoms with van der Waals surface area (Å²) in [6.07, 6.45) is -0.992. The first-order valence-corrected chi connectivity index (χ1v) is 6.40. The van der Waals surface area contributed by atoms with E-state index in [-0.39, 0.29) is 23.4 Å². The van der Waals surface area contributed by atoms with Crippen molar-refractivity contribution in [3.63, 3.8) is 0 Å². The second kappa shape index (κ2) is 6.29. The van der Waals surface area contributed by atoms with Gasteiger partial charge in [-0.2, -0.15) is 0 Å². The minimum atomic E-state index is -0.981. The molecular formula is C15H12ClF3O. The van der Waals surface area contributed by atoms with Crippen LogP contribution in [-0.4, -0.2) is 11.2 Å². The van der Waals surface area contributed by atoms with Crippen molar-refractivity contribution in [3.8, 4) is 0 Å². The Morgan fingerprint density at radius 2 is 1.45 bits per heavy atom. The van der Waals surface area contributed by atoms with Gasteiger partial charge in [-0.3, -0.25) is 0 Å². The van der Waals surface area contributed by atoms with Crippen molar-refractivity contribution in [1.29, 1.82) is 0 Å². The molecular weight excluding hydrogens is 289 g/mol. The van der Waals surface area contributed by atoms with Crippen LogP contribution in [0.15, 0.2) is 36.4 Å². The van der Waals surface area contributed by atoms with E-state index in [1.165, 1.54) is 24.3 Å². The molecule has 106 valence electrons. The summed E-state index contributed by atoms with van der Waals surface area (Å²) in [6.45, 7) is 0. The monoisotopic (exact) mass is 300 g/mol. The summed E-state index contributed by atoms with van der Waals surface area (Å²) in [5.74, 6) is -2.51. The van der Waals surface area contributed by atoms with Crippen molar-refractivity contribution in [2.45, 2.75) is 18.9 Å². The highest BCUT2D eigenvalue weighted by molar-refractivity contribution is 6.31. The van der Waals surface area contributed by atoms with Gasteiger partial charge >= 0.3 is 0 Å². The first kappa shape index (κ1) is 14.9. The summed E-state index contributed by atoms with van der Waals surface area (Å²) in [6, 6.07) is 8.05. The van der Waals surface area contributed by atoms with Crippen LogP contribution >= 0.6 is 11.6 Å². The molecule has 0 amide bonds. The molecule has 20 heavy (non-hydrogen) atoms. The Morgan fingerprint density at radius 1 is 0.900 bits per heavy atom. The standard InChI is InChI=1S/C15H12ClF3O/c16-14-9(3-1-5-12(14)17)7-11(20)8-10-4-2-6-13(18)15(10)19/h1-6,11,20H,7-8H2. The van der Waals surface area contributed by atoms with Crippen molar-refractivity contribution in [2.24, 2.45) is 0 Å². The van der Waals surface area contributed by atoms with E-state index in [2.05, 4.69) is 0 Å². The van der Waals surface area contributed by atoms with Crippen LogP contribution in [0.3, 0.4) is 0 Å². The van der Waals surface area contributed by atoms with Gasteiger partial charge < -0.3 is 5.11 Å². The molecule has 2 aromatic rings. The summed E-state index contributed by atoms with van der Waals surface area (Å²) in [5, 5.41) is 9.85. The minimum absolute atomic E-state index is 0.0621. The van der Waals surface area contributed by atoms with E-state index in [0.717, 1.165) is 6.07 Å². The molecule has 1 nitrogen and oxygen atoms in total. The molecule has 2 rings (SSSR count). The molecule has 0 saturated carbocycles. The van der Waals surface area contributed by atoms with E-state index in [1.807, 2.05) is 0 Å². The summed E-state index contributed by atoms with van der Waals surface area (Å²) < 4.78 is 39.8. The van der Waals surface area contributed by atoms with E-state index < -0.39 is 23.6 Å². The van der Waals surface area contributed by atoms with Crippen LogP contribution in [0.4, 0.5) is 13.2 Å². The molecule has 0 aliphatic rings. The van der Waals surface area contributed by atoms with Gasteiger partial charge in [0.15, 0.2) is 11.6 Å². The van der Waals surface area contributed by atoms with Gasteiger partial charge in [-0.1, -0.05) is 35.9 Å². The maximum atomic E-state index is 13.5. The zero-order valence-electron chi connectivity index (χ0n) is 10.4. The van der Waals surface area contributed by atoms with Crippen LogP contribution in [0.5, 0.6) is 0 Å². The van der Waals surface area contributed by atoms with Gasteiger partial charge in [-0.05, 0) is 23.3 Å². The van der Waals surface area contributed by atoms with E-state index >= 15 is 0 Å². The Hall–Kier alpha value is -1.52. The van der Waals surface area contributed by atoms with Crippen LogP contribution in [-0.2, 0) is 12.8 Å². The second-order valence-electron chi connectivity index (χ2n) is 4.49. The van der Waals surface area contributed by atoms with Gasteiger partial charge in [-0.25, -0.2) is 13.2 Å². The fourth-order valence-electron chi connectivity index (χ4n) is 1.99. The van der Waals surface area contributed by atoms with Crippen molar-refractivity contribution >= 4 is 11.6 Å². The summed E-state index contributed by atoms with van der Waals surface area (Å²) in [7, 11) is 0. The molecule has 1 atom stereocenters. The van der Waals surface area contributed by atoms with Crippen molar-refractivity contribution < 1.29 is 18.3 Å². The van der Waals surface area contributed by atoms with Gasteiger partial charge in [0.2, 0.25) is 0 Å². The molecule has 2 aromatic carbocycles. The molecule has 1 N–H and O–H groups in total. The van der Waals surface area contributed by atoms with Crippen molar-refractivity contribution in [1.82, 2.24) is 0 Å². The SMILES string of the molecule is OC(Cc1cccc(F)c1F)Cc1cccc(F)c1Cl. The van der Waals surface area contributed by atoms with Crippen molar-refractivity contribution in [3.05, 3.63) is 70.0 Å². The van der Waals surface area contributed by atoms with Gasteiger partial charge in [0.1, 0.15) is 5.82 Å². The van der Waals surface area contributed by atoms with Gasteiger partial charge in [-0.15, -0.1) is 0 Å². The van der Waals surface area contributed by atoms with E-state index in [4.69, 9.17) is 11.6 Å². The van der Waals surface area contributed by atoms with Crippen molar-refractivity contribution in [2.75, 3.05) is 0 Å². The number of hydrogen-bond donors (Lipinski definition) is 1. The summed E-state index contributed by atoms with van der Waals surface area (Å²) >= 11 is 5.78. The zero-order valence-corrected chi connectivity index (χ0v) is 11.2. The third-order valence-electron chi connectivity index (χ3n) is 2.97. The molecule has 0 spiro atoms. The molecule has 0 radical (unpaired) electrons. The molecule has 0 aliphatic heterocycles. The molecule has 1 unspecified atom stereocenters.